The van der Waals surface area contributed by atoms with Crippen LogP contribution in [0.5, 0.6) is 0 Å². The van der Waals surface area contributed by atoms with E-state index < -0.39 is 4.92 Å². The van der Waals surface area contributed by atoms with E-state index in [-0.39, 0.29) is 17.8 Å². The zero-order valence-electron chi connectivity index (χ0n) is 11.5. The number of urea groups is 1. The Kier molecular flexibility index (Phi) is 3.38. The molecule has 0 bridgehead atoms. The number of amides is 2. The number of nitrogens with zero attached hydrogens (tertiary/aromatic N) is 3. The van der Waals surface area contributed by atoms with Crippen LogP contribution in [0, 0.1) is 10.1 Å². The SMILES string of the molecule is Nc1ccc([N+](=O)[O-])cc1CN1CCN2C(=O)NCC2C1. The van der Waals surface area contributed by atoms with Crippen molar-refractivity contribution < 1.29 is 9.72 Å². The van der Waals surface area contributed by atoms with Gasteiger partial charge in [0.25, 0.3) is 5.69 Å². The molecule has 3 rings (SSSR count). The number of benzene rings is 1. The van der Waals surface area contributed by atoms with Crippen molar-refractivity contribution in [3.8, 4) is 0 Å². The van der Waals surface area contributed by atoms with Gasteiger partial charge in [0.1, 0.15) is 0 Å². The first-order valence-electron chi connectivity index (χ1n) is 6.84. The van der Waals surface area contributed by atoms with Gasteiger partial charge in [-0.25, -0.2) is 4.79 Å². The molecule has 3 N–H and O–H groups in total. The van der Waals surface area contributed by atoms with E-state index in [0.717, 1.165) is 18.7 Å². The summed E-state index contributed by atoms with van der Waals surface area (Å²) in [7, 11) is 0. The van der Waals surface area contributed by atoms with Crippen molar-refractivity contribution >= 4 is 17.4 Å². The first-order valence-corrected chi connectivity index (χ1v) is 6.84. The van der Waals surface area contributed by atoms with Crippen LogP contribution in [0.25, 0.3) is 0 Å². The summed E-state index contributed by atoms with van der Waals surface area (Å²) >= 11 is 0. The molecule has 8 nitrogen and oxygen atoms in total. The molecular formula is C13H17N5O3. The second-order valence-electron chi connectivity index (χ2n) is 5.41. The van der Waals surface area contributed by atoms with E-state index in [0.29, 0.717) is 25.3 Å². The maximum Gasteiger partial charge on any atom is 0.317 e. The number of hydrogen-bond donors (Lipinski definition) is 2. The van der Waals surface area contributed by atoms with Crippen molar-refractivity contribution in [3.63, 3.8) is 0 Å². The van der Waals surface area contributed by atoms with E-state index >= 15 is 0 Å². The van der Waals surface area contributed by atoms with Crippen LogP contribution >= 0.6 is 0 Å². The summed E-state index contributed by atoms with van der Waals surface area (Å²) < 4.78 is 0. The van der Waals surface area contributed by atoms with E-state index in [9.17, 15) is 14.9 Å². The average molecular weight is 291 g/mol. The third kappa shape index (κ3) is 2.62. The third-order valence-corrected chi connectivity index (χ3v) is 4.05. The molecule has 0 aromatic heterocycles. The predicted octanol–water partition coefficient (Wildman–Crippen LogP) is 0.386. The highest BCUT2D eigenvalue weighted by atomic mass is 16.6. The highest BCUT2D eigenvalue weighted by Gasteiger charge is 2.35. The number of non-ortho nitro benzene ring substituents is 1. The van der Waals surface area contributed by atoms with Gasteiger partial charge in [-0.05, 0) is 11.6 Å². The Labute approximate surface area is 121 Å². The van der Waals surface area contributed by atoms with E-state index in [1.807, 2.05) is 4.90 Å². The van der Waals surface area contributed by atoms with Crippen LogP contribution in [0.4, 0.5) is 16.2 Å². The third-order valence-electron chi connectivity index (χ3n) is 4.05. The minimum Gasteiger partial charge on any atom is -0.398 e. The Morgan fingerprint density at radius 1 is 1.43 bits per heavy atom. The number of nitro benzene ring substituents is 1. The molecular weight excluding hydrogens is 274 g/mol. The molecule has 2 aliphatic rings. The van der Waals surface area contributed by atoms with Crippen molar-refractivity contribution in [2.75, 3.05) is 31.9 Å². The summed E-state index contributed by atoms with van der Waals surface area (Å²) in [6.45, 7) is 3.38. The molecule has 1 aromatic rings. The number of anilines is 1. The molecule has 2 heterocycles. The van der Waals surface area contributed by atoms with Gasteiger partial charge in [0, 0.05) is 50.5 Å². The van der Waals surface area contributed by atoms with E-state index in [1.165, 1.54) is 12.1 Å². The maximum atomic E-state index is 11.5. The van der Waals surface area contributed by atoms with Crippen molar-refractivity contribution in [2.45, 2.75) is 12.6 Å². The average Bonchev–Trinajstić information content (AvgIpc) is 2.82. The highest BCUT2D eigenvalue weighted by molar-refractivity contribution is 5.77. The summed E-state index contributed by atoms with van der Waals surface area (Å²) in [6, 6.07) is 4.68. The summed E-state index contributed by atoms with van der Waals surface area (Å²) in [5.41, 5.74) is 7.28. The molecule has 0 aliphatic carbocycles. The first-order chi connectivity index (χ1) is 10.0. The number of carbonyl (C=O) groups excluding carboxylic acids is 1. The van der Waals surface area contributed by atoms with Gasteiger partial charge in [0.05, 0.1) is 11.0 Å². The molecule has 1 atom stereocenters. The molecule has 0 spiro atoms. The maximum absolute atomic E-state index is 11.5. The lowest BCUT2D eigenvalue weighted by Gasteiger charge is -2.36. The van der Waals surface area contributed by atoms with Crippen molar-refractivity contribution in [3.05, 3.63) is 33.9 Å². The molecule has 2 saturated heterocycles. The summed E-state index contributed by atoms with van der Waals surface area (Å²) in [5.74, 6) is 0. The number of nitrogen functional groups attached to an aromatic ring is 1. The number of nitro groups is 1. The Morgan fingerprint density at radius 3 is 3.00 bits per heavy atom. The molecule has 1 aromatic carbocycles. The molecule has 21 heavy (non-hydrogen) atoms. The Bertz CT molecular complexity index is 591. The van der Waals surface area contributed by atoms with Crippen LogP contribution < -0.4 is 11.1 Å². The zero-order chi connectivity index (χ0) is 15.0. The molecule has 2 amide bonds. The van der Waals surface area contributed by atoms with Crippen LogP contribution in [0.2, 0.25) is 0 Å². The fourth-order valence-electron chi connectivity index (χ4n) is 2.90. The largest absolute Gasteiger partial charge is 0.398 e. The standard InChI is InChI=1S/C13H17N5O3/c14-12-2-1-10(18(20)21)5-9(12)7-16-3-4-17-11(8-16)6-15-13(17)19/h1-2,5,11H,3-4,6-8,14H2,(H,15,19). The quantitative estimate of drug-likeness (QED) is 0.476. The van der Waals surface area contributed by atoms with Crippen LogP contribution in [0.15, 0.2) is 18.2 Å². The Balaban J connectivity index is 1.71. The normalized spacial score (nSPS) is 22.0. The Morgan fingerprint density at radius 2 is 2.24 bits per heavy atom. The van der Waals surface area contributed by atoms with Gasteiger partial charge in [-0.15, -0.1) is 0 Å². The lowest BCUT2D eigenvalue weighted by molar-refractivity contribution is -0.384. The van der Waals surface area contributed by atoms with Crippen LogP contribution in [0.1, 0.15) is 5.56 Å². The zero-order valence-corrected chi connectivity index (χ0v) is 11.5. The molecule has 0 radical (unpaired) electrons. The van der Waals surface area contributed by atoms with Crippen molar-refractivity contribution in [1.29, 1.82) is 0 Å². The number of nitrogens with one attached hydrogen (secondary N) is 1. The molecule has 8 heteroatoms. The molecule has 0 saturated carbocycles. The number of nitrogens with two attached hydrogens (primary N) is 1. The van der Waals surface area contributed by atoms with Gasteiger partial charge >= 0.3 is 6.03 Å². The number of hydrogen-bond acceptors (Lipinski definition) is 5. The van der Waals surface area contributed by atoms with Crippen molar-refractivity contribution in [2.24, 2.45) is 0 Å². The fourth-order valence-corrected chi connectivity index (χ4v) is 2.90. The lowest BCUT2D eigenvalue weighted by atomic mass is 10.1. The minimum atomic E-state index is -0.416. The molecule has 1 unspecified atom stereocenters. The molecule has 2 aliphatic heterocycles. The monoisotopic (exact) mass is 291 g/mol. The van der Waals surface area contributed by atoms with Gasteiger partial charge in [0.2, 0.25) is 0 Å². The highest BCUT2D eigenvalue weighted by Crippen LogP contribution is 2.23. The van der Waals surface area contributed by atoms with Gasteiger partial charge in [-0.1, -0.05) is 0 Å². The smallest absolute Gasteiger partial charge is 0.317 e. The van der Waals surface area contributed by atoms with Gasteiger partial charge < -0.3 is 16.0 Å². The summed E-state index contributed by atoms with van der Waals surface area (Å²) in [4.78, 5) is 26.0. The minimum absolute atomic E-state index is 0.00508. The first kappa shape index (κ1) is 13.6. The second kappa shape index (κ2) is 5.21. The van der Waals surface area contributed by atoms with E-state index in [2.05, 4.69) is 10.2 Å². The summed E-state index contributed by atoms with van der Waals surface area (Å²) in [6.07, 6.45) is 0. The summed E-state index contributed by atoms with van der Waals surface area (Å²) in [5, 5.41) is 13.7. The van der Waals surface area contributed by atoms with Crippen LogP contribution in [0.3, 0.4) is 0 Å². The van der Waals surface area contributed by atoms with Gasteiger partial charge in [-0.3, -0.25) is 15.0 Å². The predicted molar refractivity (Wildman–Crippen MR) is 76.7 cm³/mol. The Hall–Kier alpha value is -2.35. The van der Waals surface area contributed by atoms with Crippen molar-refractivity contribution in [1.82, 2.24) is 15.1 Å². The topological polar surface area (TPSA) is 105 Å². The lowest BCUT2D eigenvalue weighted by Crippen LogP contribution is -2.51. The number of piperazine rings is 1. The molecule has 2 fully saturated rings. The van der Waals surface area contributed by atoms with Crippen LogP contribution in [-0.2, 0) is 6.54 Å². The van der Waals surface area contributed by atoms with E-state index in [1.54, 1.807) is 6.07 Å². The van der Waals surface area contributed by atoms with Crippen LogP contribution in [-0.4, -0.2) is 53.0 Å². The number of carbonyl (C=O) groups is 1. The van der Waals surface area contributed by atoms with Gasteiger partial charge in [-0.2, -0.15) is 0 Å². The van der Waals surface area contributed by atoms with E-state index in [4.69, 9.17) is 5.73 Å². The number of fused-ring (bicyclic) bond motifs is 1. The number of rotatable bonds is 3. The molecule has 112 valence electrons. The second-order valence-corrected chi connectivity index (χ2v) is 5.41. The fraction of sp³-hybridized carbons (Fsp3) is 0.462. The van der Waals surface area contributed by atoms with Gasteiger partial charge in [0.15, 0.2) is 0 Å².